The molecule has 0 radical (unpaired) electrons. The molecule has 2 unspecified atom stereocenters. The summed E-state index contributed by atoms with van der Waals surface area (Å²) in [6.45, 7) is 6.60. The number of pyridine rings is 1. The Hall–Kier alpha value is -4.19. The number of hydrogen-bond donors (Lipinski definition) is 1. The summed E-state index contributed by atoms with van der Waals surface area (Å²) in [5, 5.41) is 8.24. The summed E-state index contributed by atoms with van der Waals surface area (Å²) in [5.41, 5.74) is 1.77. The molecule has 1 amide bonds. The van der Waals surface area contributed by atoms with E-state index in [1.165, 1.54) is 29.4 Å². The number of carbonyl (C=O) groups excluding carboxylic acids is 1. The third-order valence-electron chi connectivity index (χ3n) is 7.13. The molecule has 4 heterocycles. The van der Waals surface area contributed by atoms with E-state index in [-0.39, 0.29) is 17.8 Å². The quantitative estimate of drug-likeness (QED) is 0.348. The number of nitrogens with zero attached hydrogens (tertiary/aromatic N) is 7. The predicted molar refractivity (Wildman–Crippen MR) is 148 cm³/mol. The number of benzene rings is 1. The number of alkyl halides is 2. The fourth-order valence-corrected chi connectivity index (χ4v) is 5.16. The second-order valence-electron chi connectivity index (χ2n) is 10.3. The summed E-state index contributed by atoms with van der Waals surface area (Å²) in [6, 6.07) is 11.5. The van der Waals surface area contributed by atoms with Crippen molar-refractivity contribution in [2.45, 2.75) is 39.3 Å². The summed E-state index contributed by atoms with van der Waals surface area (Å²) in [4.78, 5) is 28.5. The van der Waals surface area contributed by atoms with Gasteiger partial charge in [-0.15, -0.1) is 5.10 Å². The first-order valence-electron chi connectivity index (χ1n) is 13.0. The molecule has 1 aliphatic rings. The van der Waals surface area contributed by atoms with Gasteiger partial charge in [0.25, 0.3) is 0 Å². The second-order valence-corrected chi connectivity index (χ2v) is 10.3. The molecule has 5 rings (SSSR count). The lowest BCUT2D eigenvalue weighted by Gasteiger charge is -2.27. The van der Waals surface area contributed by atoms with Crippen molar-refractivity contribution in [3.63, 3.8) is 0 Å². The van der Waals surface area contributed by atoms with Crippen LogP contribution in [0.5, 0.6) is 5.75 Å². The van der Waals surface area contributed by atoms with Gasteiger partial charge < -0.3 is 15.0 Å². The largest absolute Gasteiger partial charge is 0.497 e. The Kier molecular flexibility index (Phi) is 7.37. The van der Waals surface area contributed by atoms with E-state index in [1.807, 2.05) is 12.1 Å². The Balaban J connectivity index is 1.48. The summed E-state index contributed by atoms with van der Waals surface area (Å²) < 4.78 is 34.9. The van der Waals surface area contributed by atoms with E-state index < -0.39 is 11.7 Å². The number of aromatic nitrogens is 5. The zero-order valence-electron chi connectivity index (χ0n) is 23.1. The zero-order chi connectivity index (χ0) is 28.6. The van der Waals surface area contributed by atoms with Gasteiger partial charge in [0.1, 0.15) is 11.6 Å². The first kappa shape index (κ1) is 27.4. The molecule has 1 fully saturated rings. The van der Waals surface area contributed by atoms with Gasteiger partial charge in [0, 0.05) is 64.1 Å². The Labute approximate surface area is 231 Å². The molecule has 10 nitrogen and oxygen atoms in total. The highest BCUT2D eigenvalue weighted by atomic mass is 19.3. The summed E-state index contributed by atoms with van der Waals surface area (Å²) in [7, 11) is 3.76. The number of anilines is 2. The van der Waals surface area contributed by atoms with Crippen molar-refractivity contribution in [1.29, 1.82) is 0 Å². The van der Waals surface area contributed by atoms with Crippen LogP contribution in [0, 0.1) is 5.92 Å². The third-order valence-corrected chi connectivity index (χ3v) is 7.13. The monoisotopic (exact) mass is 550 g/mol. The first-order chi connectivity index (χ1) is 19.0. The van der Waals surface area contributed by atoms with Crippen LogP contribution < -0.4 is 15.0 Å². The molecule has 1 N–H and O–H groups in total. The fraction of sp³-hybridized carbons (Fsp3) is 0.393. The minimum atomic E-state index is -3.21. The van der Waals surface area contributed by atoms with Crippen molar-refractivity contribution in [3.05, 3.63) is 60.2 Å². The molecule has 0 saturated carbocycles. The molecule has 12 heteroatoms. The molecular weight excluding hydrogens is 518 g/mol. The maximum Gasteiger partial charge on any atom is 0.303 e. The zero-order valence-corrected chi connectivity index (χ0v) is 23.1. The molecule has 1 aromatic carbocycles. The normalized spacial score (nSPS) is 17.6. The summed E-state index contributed by atoms with van der Waals surface area (Å²) in [5.74, 6) is -1.73. The highest BCUT2D eigenvalue weighted by molar-refractivity contribution is 5.95. The number of hydrogen-bond acceptors (Lipinski definition) is 8. The van der Waals surface area contributed by atoms with E-state index in [9.17, 15) is 13.6 Å². The van der Waals surface area contributed by atoms with Gasteiger partial charge in [-0.05, 0) is 30.7 Å². The van der Waals surface area contributed by atoms with Crippen LogP contribution in [0.2, 0.25) is 0 Å². The van der Waals surface area contributed by atoms with E-state index in [0.717, 1.165) is 37.7 Å². The molecule has 0 spiro atoms. The number of ether oxygens (including phenoxy) is 1. The maximum absolute atomic E-state index is 14.0. The highest BCUT2D eigenvalue weighted by Gasteiger charge is 2.35. The van der Waals surface area contributed by atoms with E-state index in [0.29, 0.717) is 23.1 Å². The van der Waals surface area contributed by atoms with Gasteiger partial charge in [0.05, 0.1) is 18.0 Å². The molecule has 0 aliphatic carbocycles. The summed E-state index contributed by atoms with van der Waals surface area (Å²) >= 11 is 0. The second kappa shape index (κ2) is 10.8. The number of likely N-dealkylation sites (N-methyl/N-ethyl adjacent to an activating group) is 1. The van der Waals surface area contributed by atoms with Crippen molar-refractivity contribution >= 4 is 28.4 Å². The number of methoxy groups -OCH3 is 1. The average Bonchev–Trinajstić information content (AvgIpc) is 3.48. The summed E-state index contributed by atoms with van der Waals surface area (Å²) in [6.07, 6.45) is 2.94. The van der Waals surface area contributed by atoms with Crippen LogP contribution in [0.15, 0.2) is 48.8 Å². The van der Waals surface area contributed by atoms with Crippen LogP contribution >= 0.6 is 0 Å². The molecule has 40 heavy (non-hydrogen) atoms. The smallest absolute Gasteiger partial charge is 0.303 e. The molecule has 210 valence electrons. The van der Waals surface area contributed by atoms with E-state index >= 15 is 0 Å². The van der Waals surface area contributed by atoms with Crippen LogP contribution in [0.4, 0.5) is 20.4 Å². The number of carbonyl (C=O) groups is 1. The highest BCUT2D eigenvalue weighted by Crippen LogP contribution is 2.34. The molecule has 1 aliphatic heterocycles. The SMILES string of the molecule is COc1ccc(CN(C)C2CN(c3nn(-c4ccnc(C(C)(F)F)n4)c4cc(NC(C)=O)ncc34)CC2C)cc1. The number of rotatable bonds is 8. The van der Waals surface area contributed by atoms with Crippen molar-refractivity contribution in [2.75, 3.05) is 37.5 Å². The number of amides is 1. The Morgan fingerprint density at radius 2 is 1.95 bits per heavy atom. The lowest BCUT2D eigenvalue weighted by atomic mass is 10.0. The van der Waals surface area contributed by atoms with E-state index in [2.05, 4.69) is 56.2 Å². The number of nitrogens with one attached hydrogen (secondary N) is 1. The van der Waals surface area contributed by atoms with Crippen LogP contribution in [0.25, 0.3) is 16.7 Å². The standard InChI is InChI=1S/C28H32F2N8O2/c1-17-14-37(16-23(17)36(4)15-19-6-8-20(40-5)9-7-19)26-21-13-32-24(33-18(2)39)12-22(21)38(35-26)25-10-11-31-27(34-25)28(3,29)30/h6-13,17,23H,14-16H2,1-5H3,(H,32,33,39). The van der Waals surface area contributed by atoms with Crippen LogP contribution in [0.1, 0.15) is 32.2 Å². The average molecular weight is 551 g/mol. The van der Waals surface area contributed by atoms with Gasteiger partial charge in [-0.25, -0.2) is 19.6 Å². The minimum Gasteiger partial charge on any atom is -0.497 e. The number of fused-ring (bicyclic) bond motifs is 1. The predicted octanol–water partition coefficient (Wildman–Crippen LogP) is 4.25. The molecule has 1 saturated heterocycles. The van der Waals surface area contributed by atoms with Crippen molar-refractivity contribution in [1.82, 2.24) is 29.6 Å². The van der Waals surface area contributed by atoms with Crippen LogP contribution in [0.3, 0.4) is 0 Å². The van der Waals surface area contributed by atoms with E-state index in [1.54, 1.807) is 19.4 Å². The van der Waals surface area contributed by atoms with Gasteiger partial charge in [0.2, 0.25) is 11.7 Å². The first-order valence-corrected chi connectivity index (χ1v) is 13.0. The Bertz CT molecular complexity index is 1520. The molecule has 3 aromatic heterocycles. The lowest BCUT2D eigenvalue weighted by Crippen LogP contribution is -2.37. The maximum atomic E-state index is 14.0. The minimum absolute atomic E-state index is 0.197. The molecule has 4 aromatic rings. The Morgan fingerprint density at radius 1 is 1.20 bits per heavy atom. The van der Waals surface area contributed by atoms with Gasteiger partial charge in [-0.2, -0.15) is 8.78 Å². The third kappa shape index (κ3) is 5.57. The topological polar surface area (TPSA) is 101 Å². The van der Waals surface area contributed by atoms with Gasteiger partial charge >= 0.3 is 5.92 Å². The van der Waals surface area contributed by atoms with Crippen molar-refractivity contribution in [3.8, 4) is 11.6 Å². The van der Waals surface area contributed by atoms with E-state index in [4.69, 9.17) is 9.84 Å². The van der Waals surface area contributed by atoms with Crippen LogP contribution in [-0.2, 0) is 17.3 Å². The fourth-order valence-electron chi connectivity index (χ4n) is 5.16. The molecule has 2 atom stereocenters. The van der Waals surface area contributed by atoms with Gasteiger partial charge in [0.15, 0.2) is 11.6 Å². The van der Waals surface area contributed by atoms with Crippen LogP contribution in [-0.4, -0.2) is 68.8 Å². The Morgan fingerprint density at radius 3 is 2.62 bits per heavy atom. The lowest BCUT2D eigenvalue weighted by molar-refractivity contribution is -0.114. The molecular formula is C28H32F2N8O2. The van der Waals surface area contributed by atoms with Crippen molar-refractivity contribution < 1.29 is 18.3 Å². The number of halogens is 2. The van der Waals surface area contributed by atoms with Crippen molar-refractivity contribution in [2.24, 2.45) is 5.92 Å². The van der Waals surface area contributed by atoms with Gasteiger partial charge in [-0.1, -0.05) is 19.1 Å². The van der Waals surface area contributed by atoms with Gasteiger partial charge in [-0.3, -0.25) is 9.69 Å². The molecule has 0 bridgehead atoms.